The number of fused-ring (bicyclic) bond motifs is 1. The molecule has 4 aromatic rings. The van der Waals surface area contributed by atoms with Crippen molar-refractivity contribution in [3.8, 4) is 28.4 Å². The summed E-state index contributed by atoms with van der Waals surface area (Å²) < 4.78 is 12.5. The van der Waals surface area contributed by atoms with Crippen LogP contribution in [0, 0.1) is 0 Å². The second-order valence-corrected chi connectivity index (χ2v) is 7.79. The maximum atomic E-state index is 6.55. The Kier molecular flexibility index (Phi) is 4.78. The zero-order valence-corrected chi connectivity index (χ0v) is 17.8. The third-order valence-electron chi connectivity index (χ3n) is 5.21. The first-order valence-electron chi connectivity index (χ1n) is 9.88. The van der Waals surface area contributed by atoms with Gasteiger partial charge in [0.25, 0.3) is 0 Å². The predicted molar refractivity (Wildman–Crippen MR) is 121 cm³/mol. The fraction of sp³-hybridized carbons (Fsp3) is 0.227. The quantitative estimate of drug-likeness (QED) is 0.464. The minimum absolute atomic E-state index is 0.395. The average Bonchev–Trinajstić information content (AvgIpc) is 3.54. The fourth-order valence-electron chi connectivity index (χ4n) is 3.46. The number of anilines is 2. The van der Waals surface area contributed by atoms with Gasteiger partial charge in [0.15, 0.2) is 17.1 Å². The SMILES string of the molecule is COc1ccc(-c2nc(NC3CC3)nc3nn(-c4ccc(Cl)cc4)c(N)c23)cc1OC. The monoisotopic (exact) mass is 436 g/mol. The van der Waals surface area contributed by atoms with Crippen LogP contribution in [0.3, 0.4) is 0 Å². The van der Waals surface area contributed by atoms with E-state index in [1.54, 1.807) is 31.0 Å². The van der Waals surface area contributed by atoms with Gasteiger partial charge in [-0.25, -0.2) is 9.67 Å². The van der Waals surface area contributed by atoms with Crippen LogP contribution < -0.4 is 20.5 Å². The highest BCUT2D eigenvalue weighted by atomic mass is 35.5. The van der Waals surface area contributed by atoms with Gasteiger partial charge in [0.1, 0.15) is 5.82 Å². The number of aromatic nitrogens is 4. The maximum absolute atomic E-state index is 6.55. The summed E-state index contributed by atoms with van der Waals surface area (Å²) in [6.45, 7) is 0. The highest BCUT2D eigenvalue weighted by Crippen LogP contribution is 2.37. The fourth-order valence-corrected chi connectivity index (χ4v) is 3.58. The van der Waals surface area contributed by atoms with Gasteiger partial charge in [-0.15, -0.1) is 5.10 Å². The van der Waals surface area contributed by atoms with Crippen LogP contribution in [0.15, 0.2) is 42.5 Å². The molecule has 0 bridgehead atoms. The number of nitrogens with one attached hydrogen (secondary N) is 1. The van der Waals surface area contributed by atoms with E-state index in [0.717, 1.165) is 24.1 Å². The summed E-state index contributed by atoms with van der Waals surface area (Å²) in [5.74, 6) is 2.21. The Labute approximate surface area is 184 Å². The van der Waals surface area contributed by atoms with Crippen molar-refractivity contribution in [3.05, 3.63) is 47.5 Å². The summed E-state index contributed by atoms with van der Waals surface area (Å²) in [5, 5.41) is 9.33. The summed E-state index contributed by atoms with van der Waals surface area (Å²) in [6.07, 6.45) is 2.21. The molecule has 158 valence electrons. The van der Waals surface area contributed by atoms with Crippen molar-refractivity contribution in [3.63, 3.8) is 0 Å². The van der Waals surface area contributed by atoms with E-state index >= 15 is 0 Å². The van der Waals surface area contributed by atoms with Crippen LogP contribution in [-0.2, 0) is 0 Å². The molecule has 1 aliphatic carbocycles. The van der Waals surface area contributed by atoms with Crippen LogP contribution in [0.5, 0.6) is 11.5 Å². The van der Waals surface area contributed by atoms with Crippen molar-refractivity contribution in [1.29, 1.82) is 0 Å². The highest BCUT2D eigenvalue weighted by molar-refractivity contribution is 6.30. The van der Waals surface area contributed by atoms with Crippen molar-refractivity contribution in [2.75, 3.05) is 25.3 Å². The molecule has 1 aliphatic rings. The molecule has 0 atom stereocenters. The molecule has 0 spiro atoms. The maximum Gasteiger partial charge on any atom is 0.225 e. The lowest BCUT2D eigenvalue weighted by atomic mass is 10.1. The largest absolute Gasteiger partial charge is 0.493 e. The summed E-state index contributed by atoms with van der Waals surface area (Å²) in [5.41, 5.74) is 9.34. The first kappa shape index (κ1) is 19.4. The summed E-state index contributed by atoms with van der Waals surface area (Å²) in [6, 6.07) is 13.3. The van der Waals surface area contributed by atoms with Gasteiger partial charge in [-0.3, -0.25) is 0 Å². The van der Waals surface area contributed by atoms with Gasteiger partial charge in [0, 0.05) is 16.6 Å². The molecule has 0 aliphatic heterocycles. The Morgan fingerprint density at radius 2 is 1.77 bits per heavy atom. The average molecular weight is 437 g/mol. The van der Waals surface area contributed by atoms with E-state index in [1.165, 1.54) is 0 Å². The van der Waals surface area contributed by atoms with Crippen LogP contribution in [0.4, 0.5) is 11.8 Å². The van der Waals surface area contributed by atoms with Crippen molar-refractivity contribution >= 4 is 34.4 Å². The Hall–Kier alpha value is -3.52. The smallest absolute Gasteiger partial charge is 0.225 e. The van der Waals surface area contributed by atoms with Gasteiger partial charge in [0.2, 0.25) is 5.95 Å². The number of nitrogens with two attached hydrogens (primary N) is 1. The molecule has 5 rings (SSSR count). The van der Waals surface area contributed by atoms with Gasteiger partial charge in [-0.2, -0.15) is 4.98 Å². The Morgan fingerprint density at radius 1 is 1.03 bits per heavy atom. The molecule has 9 heteroatoms. The zero-order chi connectivity index (χ0) is 21.5. The minimum Gasteiger partial charge on any atom is -0.493 e. The normalized spacial score (nSPS) is 13.4. The number of methoxy groups -OCH3 is 2. The number of nitrogens with zero attached hydrogens (tertiary/aromatic N) is 4. The summed E-state index contributed by atoms with van der Waals surface area (Å²) in [7, 11) is 3.20. The lowest BCUT2D eigenvalue weighted by Gasteiger charge is -2.11. The molecule has 0 unspecified atom stereocenters. The number of hydrogen-bond donors (Lipinski definition) is 2. The Balaban J connectivity index is 1.72. The zero-order valence-electron chi connectivity index (χ0n) is 17.1. The lowest BCUT2D eigenvalue weighted by molar-refractivity contribution is 0.355. The van der Waals surface area contributed by atoms with Crippen LogP contribution in [0.25, 0.3) is 28.0 Å². The van der Waals surface area contributed by atoms with E-state index in [4.69, 9.17) is 31.8 Å². The molecule has 0 radical (unpaired) electrons. The molecular weight excluding hydrogens is 416 g/mol. The number of benzene rings is 2. The molecule has 1 fully saturated rings. The van der Waals surface area contributed by atoms with E-state index in [-0.39, 0.29) is 0 Å². The first-order valence-corrected chi connectivity index (χ1v) is 10.3. The van der Waals surface area contributed by atoms with E-state index in [2.05, 4.69) is 15.4 Å². The van der Waals surface area contributed by atoms with Crippen molar-refractivity contribution in [1.82, 2.24) is 19.7 Å². The molecule has 8 nitrogen and oxygen atoms in total. The van der Waals surface area contributed by atoms with Gasteiger partial charge in [-0.1, -0.05) is 11.6 Å². The Bertz CT molecular complexity index is 1270. The van der Waals surface area contributed by atoms with Crippen molar-refractivity contribution in [2.24, 2.45) is 0 Å². The van der Waals surface area contributed by atoms with E-state index in [9.17, 15) is 0 Å². The molecular formula is C22H21ClN6O2. The molecule has 2 heterocycles. The molecule has 0 saturated heterocycles. The summed E-state index contributed by atoms with van der Waals surface area (Å²) >= 11 is 6.04. The summed E-state index contributed by atoms with van der Waals surface area (Å²) in [4.78, 5) is 9.42. The van der Waals surface area contributed by atoms with Crippen LogP contribution in [0.1, 0.15) is 12.8 Å². The molecule has 31 heavy (non-hydrogen) atoms. The molecule has 1 saturated carbocycles. The molecule has 3 N–H and O–H groups in total. The standard InChI is InChI=1S/C22H21ClN6O2/c1-30-16-10-3-12(11-17(16)31-2)19-18-20(24)29(15-8-4-13(23)5-9-15)28-21(18)27-22(26-19)25-14-6-7-14/h3-5,8-11,14H,6-7,24H2,1-2H3,(H,25,27,28). The van der Waals surface area contributed by atoms with Gasteiger partial charge in [-0.05, 0) is 55.3 Å². The number of hydrogen-bond acceptors (Lipinski definition) is 7. The van der Waals surface area contributed by atoms with E-state index < -0.39 is 0 Å². The second-order valence-electron chi connectivity index (χ2n) is 7.36. The van der Waals surface area contributed by atoms with Crippen LogP contribution in [0.2, 0.25) is 5.02 Å². The number of rotatable bonds is 6. The number of halogens is 1. The predicted octanol–water partition coefficient (Wildman–Crippen LogP) is 4.31. The van der Waals surface area contributed by atoms with Crippen LogP contribution >= 0.6 is 11.6 Å². The molecule has 2 aromatic heterocycles. The van der Waals surface area contributed by atoms with E-state index in [1.807, 2.05) is 30.3 Å². The van der Waals surface area contributed by atoms with Gasteiger partial charge >= 0.3 is 0 Å². The second kappa shape index (κ2) is 7.63. The lowest BCUT2D eigenvalue weighted by Crippen LogP contribution is -2.06. The topological polar surface area (TPSA) is 100 Å². The third-order valence-corrected chi connectivity index (χ3v) is 5.46. The van der Waals surface area contributed by atoms with Gasteiger partial charge in [0.05, 0.1) is 31.0 Å². The third kappa shape index (κ3) is 3.59. The van der Waals surface area contributed by atoms with E-state index in [0.29, 0.717) is 51.1 Å². The highest BCUT2D eigenvalue weighted by Gasteiger charge is 2.25. The van der Waals surface area contributed by atoms with Gasteiger partial charge < -0.3 is 20.5 Å². The molecule has 2 aromatic carbocycles. The molecule has 0 amide bonds. The van der Waals surface area contributed by atoms with Crippen molar-refractivity contribution in [2.45, 2.75) is 18.9 Å². The van der Waals surface area contributed by atoms with Crippen molar-refractivity contribution < 1.29 is 9.47 Å². The number of nitrogen functional groups attached to an aromatic ring is 1. The number of ether oxygens (including phenoxy) is 2. The minimum atomic E-state index is 0.395. The van der Waals surface area contributed by atoms with Crippen LogP contribution in [-0.4, -0.2) is 40.0 Å². The Morgan fingerprint density at radius 3 is 2.45 bits per heavy atom. The first-order chi connectivity index (χ1) is 15.1.